The molecule has 0 fully saturated rings. The number of hydrogen-bond acceptors (Lipinski definition) is 2. The first-order valence-corrected chi connectivity index (χ1v) is 7.74. The van der Waals surface area contributed by atoms with Crippen LogP contribution in [0, 0.1) is 0 Å². The van der Waals surface area contributed by atoms with E-state index in [1.165, 1.54) is 11.3 Å². The number of rotatable bonds is 6. The highest BCUT2D eigenvalue weighted by Gasteiger charge is 2.00. The molecule has 0 saturated carbocycles. The third-order valence-corrected chi connectivity index (χ3v) is 3.73. The van der Waals surface area contributed by atoms with E-state index in [0.29, 0.717) is 0 Å². The summed E-state index contributed by atoms with van der Waals surface area (Å²) in [7, 11) is 0. The Morgan fingerprint density at radius 2 is 1.48 bits per heavy atom. The van der Waals surface area contributed by atoms with Gasteiger partial charge in [-0.3, -0.25) is 4.99 Å². The van der Waals surface area contributed by atoms with E-state index in [2.05, 4.69) is 79.2 Å². The first-order chi connectivity index (χ1) is 10.3. The summed E-state index contributed by atoms with van der Waals surface area (Å²) in [5.74, 6) is 0. The maximum atomic E-state index is 4.54. The van der Waals surface area contributed by atoms with Crippen LogP contribution in [0.15, 0.2) is 53.5 Å². The van der Waals surface area contributed by atoms with Gasteiger partial charge in [0.1, 0.15) is 0 Å². The Balaban J connectivity index is 2.06. The SMILES string of the molecule is CCc1ccc(C=Nc2ccc(N(CC)CC)cc2)cc1. The van der Waals surface area contributed by atoms with Crippen molar-refractivity contribution in [2.45, 2.75) is 27.2 Å². The molecule has 0 heterocycles. The summed E-state index contributed by atoms with van der Waals surface area (Å²) >= 11 is 0. The van der Waals surface area contributed by atoms with Gasteiger partial charge in [0.2, 0.25) is 0 Å². The van der Waals surface area contributed by atoms with Gasteiger partial charge in [-0.25, -0.2) is 0 Å². The van der Waals surface area contributed by atoms with Crippen molar-refractivity contribution in [1.82, 2.24) is 0 Å². The van der Waals surface area contributed by atoms with Crippen LogP contribution in [0.2, 0.25) is 0 Å². The second-order valence-corrected chi connectivity index (χ2v) is 5.04. The molecule has 110 valence electrons. The minimum absolute atomic E-state index is 0.991. The predicted octanol–water partition coefficient (Wildman–Crippen LogP) is 4.85. The van der Waals surface area contributed by atoms with E-state index in [1.54, 1.807) is 0 Å². The second kappa shape index (κ2) is 7.63. The van der Waals surface area contributed by atoms with E-state index in [-0.39, 0.29) is 0 Å². The van der Waals surface area contributed by atoms with Gasteiger partial charge in [0.25, 0.3) is 0 Å². The van der Waals surface area contributed by atoms with Crippen molar-refractivity contribution in [1.29, 1.82) is 0 Å². The summed E-state index contributed by atoms with van der Waals surface area (Å²) in [5, 5.41) is 0. The molecule has 0 spiro atoms. The van der Waals surface area contributed by atoms with E-state index in [1.807, 2.05) is 6.21 Å². The molecule has 0 aromatic heterocycles. The molecule has 0 amide bonds. The number of aryl methyl sites for hydroxylation is 1. The highest BCUT2D eigenvalue weighted by Crippen LogP contribution is 2.19. The zero-order valence-corrected chi connectivity index (χ0v) is 13.2. The fourth-order valence-corrected chi connectivity index (χ4v) is 2.33. The smallest absolute Gasteiger partial charge is 0.0631 e. The van der Waals surface area contributed by atoms with Crippen molar-refractivity contribution in [3.8, 4) is 0 Å². The van der Waals surface area contributed by atoms with Crippen molar-refractivity contribution >= 4 is 17.6 Å². The largest absolute Gasteiger partial charge is 0.372 e. The molecule has 2 heteroatoms. The summed E-state index contributed by atoms with van der Waals surface area (Å²) in [6, 6.07) is 17.0. The van der Waals surface area contributed by atoms with Crippen LogP contribution in [0.5, 0.6) is 0 Å². The number of benzene rings is 2. The summed E-state index contributed by atoms with van der Waals surface area (Å²) in [6.45, 7) is 8.58. The van der Waals surface area contributed by atoms with Gasteiger partial charge in [0, 0.05) is 25.0 Å². The van der Waals surface area contributed by atoms with Crippen LogP contribution in [-0.4, -0.2) is 19.3 Å². The van der Waals surface area contributed by atoms with E-state index >= 15 is 0 Å². The average Bonchev–Trinajstić information content (AvgIpc) is 2.55. The fraction of sp³-hybridized carbons (Fsp3) is 0.316. The van der Waals surface area contributed by atoms with Gasteiger partial charge in [-0.2, -0.15) is 0 Å². The van der Waals surface area contributed by atoms with Crippen LogP contribution >= 0.6 is 0 Å². The van der Waals surface area contributed by atoms with Crippen LogP contribution in [0.4, 0.5) is 11.4 Å². The van der Waals surface area contributed by atoms with Crippen LogP contribution in [-0.2, 0) is 6.42 Å². The molecule has 0 bridgehead atoms. The lowest BCUT2D eigenvalue weighted by Crippen LogP contribution is -2.21. The fourth-order valence-electron chi connectivity index (χ4n) is 2.33. The van der Waals surface area contributed by atoms with Gasteiger partial charge in [0.15, 0.2) is 0 Å². The van der Waals surface area contributed by atoms with Gasteiger partial charge >= 0.3 is 0 Å². The van der Waals surface area contributed by atoms with Crippen molar-refractivity contribution < 1.29 is 0 Å². The Bertz CT molecular complexity index is 564. The number of anilines is 1. The third-order valence-electron chi connectivity index (χ3n) is 3.73. The van der Waals surface area contributed by atoms with Crippen LogP contribution in [0.3, 0.4) is 0 Å². The van der Waals surface area contributed by atoms with Crippen molar-refractivity contribution in [2.24, 2.45) is 4.99 Å². The van der Waals surface area contributed by atoms with Crippen LogP contribution in [0.25, 0.3) is 0 Å². The standard InChI is InChI=1S/C19H24N2/c1-4-16-7-9-17(10-8-16)15-20-18-11-13-19(14-12-18)21(5-2)6-3/h7-15H,4-6H2,1-3H3. The zero-order chi connectivity index (χ0) is 15.1. The Morgan fingerprint density at radius 1 is 0.857 bits per heavy atom. The molecule has 2 aromatic rings. The number of aliphatic imine (C=N–C) groups is 1. The van der Waals surface area contributed by atoms with E-state index < -0.39 is 0 Å². The maximum absolute atomic E-state index is 4.54. The van der Waals surface area contributed by atoms with Gasteiger partial charge in [-0.15, -0.1) is 0 Å². The average molecular weight is 280 g/mol. The van der Waals surface area contributed by atoms with Crippen molar-refractivity contribution in [3.63, 3.8) is 0 Å². The molecule has 0 unspecified atom stereocenters. The molecule has 2 aromatic carbocycles. The monoisotopic (exact) mass is 280 g/mol. The predicted molar refractivity (Wildman–Crippen MR) is 93.1 cm³/mol. The quantitative estimate of drug-likeness (QED) is 0.691. The second-order valence-electron chi connectivity index (χ2n) is 5.04. The number of hydrogen-bond donors (Lipinski definition) is 0. The Morgan fingerprint density at radius 3 is 2.00 bits per heavy atom. The molecule has 0 saturated heterocycles. The van der Waals surface area contributed by atoms with Gasteiger partial charge in [0.05, 0.1) is 5.69 Å². The highest BCUT2D eigenvalue weighted by molar-refractivity contribution is 5.82. The van der Waals surface area contributed by atoms with E-state index in [4.69, 9.17) is 0 Å². The maximum Gasteiger partial charge on any atom is 0.0631 e. The lowest BCUT2D eigenvalue weighted by molar-refractivity contribution is 0.866. The summed E-state index contributed by atoms with van der Waals surface area (Å²) < 4.78 is 0. The first kappa shape index (κ1) is 15.3. The molecule has 21 heavy (non-hydrogen) atoms. The number of nitrogens with zero attached hydrogens (tertiary/aromatic N) is 2. The Hall–Kier alpha value is -2.09. The molecule has 2 nitrogen and oxygen atoms in total. The van der Waals surface area contributed by atoms with E-state index in [9.17, 15) is 0 Å². The minimum Gasteiger partial charge on any atom is -0.372 e. The van der Waals surface area contributed by atoms with Crippen LogP contribution < -0.4 is 4.90 Å². The molecule has 2 rings (SSSR count). The molecule has 0 aliphatic carbocycles. The summed E-state index contributed by atoms with van der Waals surface area (Å²) in [6.07, 6.45) is 3.00. The third kappa shape index (κ3) is 4.19. The Labute approximate surface area is 128 Å². The minimum atomic E-state index is 0.991. The molecule has 0 aliphatic heterocycles. The summed E-state index contributed by atoms with van der Waals surface area (Å²) in [5.41, 5.74) is 4.74. The Kier molecular flexibility index (Phi) is 5.56. The van der Waals surface area contributed by atoms with Crippen LogP contribution in [0.1, 0.15) is 31.9 Å². The topological polar surface area (TPSA) is 15.6 Å². The van der Waals surface area contributed by atoms with Crippen molar-refractivity contribution in [2.75, 3.05) is 18.0 Å². The van der Waals surface area contributed by atoms with Gasteiger partial charge < -0.3 is 4.90 Å². The van der Waals surface area contributed by atoms with Gasteiger partial charge in [-0.05, 0) is 55.7 Å². The first-order valence-electron chi connectivity index (χ1n) is 7.74. The lowest BCUT2D eigenvalue weighted by Gasteiger charge is -2.20. The molecular weight excluding hydrogens is 256 g/mol. The molecule has 0 N–H and O–H groups in total. The summed E-state index contributed by atoms with van der Waals surface area (Å²) in [4.78, 5) is 6.87. The molecule has 0 atom stereocenters. The molecular formula is C19H24N2. The lowest BCUT2D eigenvalue weighted by atomic mass is 10.1. The van der Waals surface area contributed by atoms with E-state index in [0.717, 1.165) is 30.8 Å². The normalized spacial score (nSPS) is 11.0. The highest BCUT2D eigenvalue weighted by atomic mass is 15.1. The molecule has 0 radical (unpaired) electrons. The van der Waals surface area contributed by atoms with Gasteiger partial charge in [-0.1, -0.05) is 31.2 Å². The molecule has 0 aliphatic rings. The zero-order valence-electron chi connectivity index (χ0n) is 13.2. The van der Waals surface area contributed by atoms with Crippen molar-refractivity contribution in [3.05, 3.63) is 59.7 Å².